The van der Waals surface area contributed by atoms with Gasteiger partial charge in [0, 0.05) is 5.39 Å². The molecule has 2 aromatic rings. The number of hydrogen-bond acceptors (Lipinski definition) is 2. The van der Waals surface area contributed by atoms with Gasteiger partial charge in [-0.2, -0.15) is 0 Å². The molecule has 1 unspecified atom stereocenters. The average Bonchev–Trinajstić information content (AvgIpc) is 2.61. The smallest absolute Gasteiger partial charge is 0.314 e. The van der Waals surface area contributed by atoms with E-state index in [0.29, 0.717) is 12.2 Å². The van der Waals surface area contributed by atoms with Crippen LogP contribution in [0, 0.1) is 0 Å². The highest BCUT2D eigenvalue weighted by Gasteiger charge is 2.21. The monoisotopic (exact) mass is 204 g/mol. The topological polar surface area (TPSA) is 50.4 Å². The molecule has 0 saturated carbocycles. The number of hydrogen-bond donors (Lipinski definition) is 1. The van der Waals surface area contributed by atoms with Crippen LogP contribution < -0.4 is 0 Å². The highest BCUT2D eigenvalue weighted by Crippen LogP contribution is 2.27. The maximum absolute atomic E-state index is 10.9. The molecular weight excluding hydrogens is 192 g/mol. The van der Waals surface area contributed by atoms with Crippen LogP contribution in [0.2, 0.25) is 0 Å². The van der Waals surface area contributed by atoms with E-state index in [2.05, 4.69) is 0 Å². The number of carboxylic acids is 1. The van der Waals surface area contributed by atoms with E-state index >= 15 is 0 Å². The maximum atomic E-state index is 10.9. The first-order valence-electron chi connectivity index (χ1n) is 4.93. The molecule has 0 amide bonds. The van der Waals surface area contributed by atoms with E-state index in [9.17, 15) is 4.79 Å². The molecule has 0 fully saturated rings. The SMILES string of the molecule is CCC(C(=O)O)c1cc2ccccc2o1. The van der Waals surface area contributed by atoms with E-state index in [1.807, 2.05) is 31.2 Å². The number of aliphatic carboxylic acids is 1. The molecule has 0 spiro atoms. The highest BCUT2D eigenvalue weighted by molar-refractivity contribution is 5.81. The summed E-state index contributed by atoms with van der Waals surface area (Å²) >= 11 is 0. The minimum absolute atomic E-state index is 0.534. The van der Waals surface area contributed by atoms with Crippen molar-refractivity contribution >= 4 is 16.9 Å². The largest absolute Gasteiger partial charge is 0.481 e. The lowest BCUT2D eigenvalue weighted by atomic mass is 10.0. The summed E-state index contributed by atoms with van der Waals surface area (Å²) in [4.78, 5) is 10.9. The lowest BCUT2D eigenvalue weighted by Gasteiger charge is -2.04. The fraction of sp³-hybridized carbons (Fsp3) is 0.250. The molecule has 2 rings (SSSR count). The molecule has 1 heterocycles. The van der Waals surface area contributed by atoms with Crippen LogP contribution >= 0.6 is 0 Å². The lowest BCUT2D eigenvalue weighted by Crippen LogP contribution is -2.09. The van der Waals surface area contributed by atoms with Crippen molar-refractivity contribution < 1.29 is 14.3 Å². The van der Waals surface area contributed by atoms with E-state index < -0.39 is 11.9 Å². The first-order chi connectivity index (χ1) is 7.22. The van der Waals surface area contributed by atoms with Gasteiger partial charge in [0.05, 0.1) is 0 Å². The van der Waals surface area contributed by atoms with Crippen molar-refractivity contribution in [1.82, 2.24) is 0 Å². The highest BCUT2D eigenvalue weighted by atomic mass is 16.4. The van der Waals surface area contributed by atoms with Gasteiger partial charge in [-0.3, -0.25) is 4.79 Å². The molecule has 3 nitrogen and oxygen atoms in total. The standard InChI is InChI=1S/C12H12O3/c1-2-9(12(13)14)11-7-8-5-3-4-6-10(8)15-11/h3-7,9H,2H2,1H3,(H,13,14). The first kappa shape index (κ1) is 9.77. The third kappa shape index (κ3) is 1.73. The Balaban J connectivity index is 2.47. The number of benzene rings is 1. The second-order valence-electron chi connectivity index (χ2n) is 3.49. The van der Waals surface area contributed by atoms with Gasteiger partial charge in [-0.1, -0.05) is 25.1 Å². The summed E-state index contributed by atoms with van der Waals surface area (Å²) in [7, 11) is 0. The zero-order valence-corrected chi connectivity index (χ0v) is 8.43. The number of rotatable bonds is 3. The van der Waals surface area contributed by atoms with Gasteiger partial charge >= 0.3 is 5.97 Å². The van der Waals surface area contributed by atoms with Crippen LogP contribution in [0.1, 0.15) is 25.0 Å². The lowest BCUT2D eigenvalue weighted by molar-refractivity contribution is -0.139. The molecular formula is C12H12O3. The molecule has 1 atom stereocenters. The van der Waals surface area contributed by atoms with Gasteiger partial charge in [0.1, 0.15) is 17.3 Å². The molecule has 0 radical (unpaired) electrons. The summed E-state index contributed by atoms with van der Waals surface area (Å²) in [6, 6.07) is 9.34. The van der Waals surface area contributed by atoms with E-state index in [4.69, 9.17) is 9.52 Å². The van der Waals surface area contributed by atoms with Gasteiger partial charge in [0.15, 0.2) is 0 Å². The Morgan fingerprint density at radius 1 is 1.47 bits per heavy atom. The zero-order chi connectivity index (χ0) is 10.8. The second-order valence-corrected chi connectivity index (χ2v) is 3.49. The summed E-state index contributed by atoms with van der Waals surface area (Å²) in [5.41, 5.74) is 0.743. The van der Waals surface area contributed by atoms with Crippen LogP contribution in [0.4, 0.5) is 0 Å². The predicted octanol–water partition coefficient (Wildman–Crippen LogP) is 3.01. The molecule has 0 bridgehead atoms. The maximum Gasteiger partial charge on any atom is 0.314 e. The number of carbonyl (C=O) groups is 1. The first-order valence-corrected chi connectivity index (χ1v) is 4.93. The van der Waals surface area contributed by atoms with Gasteiger partial charge in [0.2, 0.25) is 0 Å². The van der Waals surface area contributed by atoms with E-state index in [-0.39, 0.29) is 0 Å². The Morgan fingerprint density at radius 2 is 2.20 bits per heavy atom. The fourth-order valence-corrected chi connectivity index (χ4v) is 1.67. The van der Waals surface area contributed by atoms with Crippen LogP contribution in [0.15, 0.2) is 34.7 Å². The predicted molar refractivity (Wildman–Crippen MR) is 56.9 cm³/mol. The van der Waals surface area contributed by atoms with Crippen molar-refractivity contribution in [2.75, 3.05) is 0 Å². The van der Waals surface area contributed by atoms with Crippen molar-refractivity contribution in [2.24, 2.45) is 0 Å². The molecule has 0 aliphatic carbocycles. The van der Waals surface area contributed by atoms with Gasteiger partial charge in [0.25, 0.3) is 0 Å². The molecule has 1 aromatic heterocycles. The van der Waals surface area contributed by atoms with Crippen molar-refractivity contribution in [3.8, 4) is 0 Å². The van der Waals surface area contributed by atoms with Crippen molar-refractivity contribution in [3.63, 3.8) is 0 Å². The van der Waals surface area contributed by atoms with Gasteiger partial charge in [-0.15, -0.1) is 0 Å². The van der Waals surface area contributed by atoms with E-state index in [1.165, 1.54) is 0 Å². The Morgan fingerprint density at radius 3 is 2.80 bits per heavy atom. The summed E-state index contributed by atoms with van der Waals surface area (Å²) in [6.07, 6.45) is 0.537. The quantitative estimate of drug-likeness (QED) is 0.836. The van der Waals surface area contributed by atoms with Crippen molar-refractivity contribution in [3.05, 3.63) is 36.1 Å². The van der Waals surface area contributed by atoms with Crippen LogP contribution in [-0.4, -0.2) is 11.1 Å². The van der Waals surface area contributed by atoms with Crippen molar-refractivity contribution in [2.45, 2.75) is 19.3 Å². The summed E-state index contributed by atoms with van der Waals surface area (Å²) < 4.78 is 5.50. The molecule has 3 heteroatoms. The minimum Gasteiger partial charge on any atom is -0.481 e. The third-order valence-corrected chi connectivity index (χ3v) is 2.49. The molecule has 15 heavy (non-hydrogen) atoms. The Bertz CT molecular complexity index is 451. The molecule has 0 aliphatic rings. The van der Waals surface area contributed by atoms with Crippen LogP contribution in [-0.2, 0) is 4.79 Å². The molecule has 0 saturated heterocycles. The summed E-state index contributed by atoms with van der Waals surface area (Å²) in [5, 5.41) is 9.94. The third-order valence-electron chi connectivity index (χ3n) is 2.49. The molecule has 1 aromatic carbocycles. The summed E-state index contributed by atoms with van der Waals surface area (Å²) in [6.45, 7) is 1.84. The van der Waals surface area contributed by atoms with Crippen LogP contribution in [0.3, 0.4) is 0 Å². The number of para-hydroxylation sites is 1. The Labute approximate surface area is 87.3 Å². The average molecular weight is 204 g/mol. The molecule has 78 valence electrons. The van der Waals surface area contributed by atoms with Gasteiger partial charge in [-0.25, -0.2) is 0 Å². The fourth-order valence-electron chi connectivity index (χ4n) is 1.67. The number of fused-ring (bicyclic) bond motifs is 1. The van der Waals surface area contributed by atoms with Crippen LogP contribution in [0.25, 0.3) is 11.0 Å². The molecule has 1 N–H and O–H groups in total. The zero-order valence-electron chi connectivity index (χ0n) is 8.43. The second kappa shape index (κ2) is 3.77. The van der Waals surface area contributed by atoms with Crippen molar-refractivity contribution in [1.29, 1.82) is 0 Å². The van der Waals surface area contributed by atoms with E-state index in [1.54, 1.807) is 6.07 Å². The summed E-state index contributed by atoms with van der Waals surface area (Å²) in [5.74, 6) is -0.847. The Kier molecular flexibility index (Phi) is 2.46. The van der Waals surface area contributed by atoms with Crippen LogP contribution in [0.5, 0.6) is 0 Å². The minimum atomic E-state index is -0.837. The Hall–Kier alpha value is -1.77. The normalized spacial score (nSPS) is 12.9. The number of carboxylic acid groups (broad SMARTS) is 1. The van der Waals surface area contributed by atoms with E-state index in [0.717, 1.165) is 11.0 Å². The number of furan rings is 1. The molecule has 0 aliphatic heterocycles. The van der Waals surface area contributed by atoms with Gasteiger partial charge in [-0.05, 0) is 18.6 Å². The van der Waals surface area contributed by atoms with Gasteiger partial charge < -0.3 is 9.52 Å².